The van der Waals surface area contributed by atoms with E-state index in [9.17, 15) is 4.79 Å². The number of carbonyl (C=O) groups is 1. The molecule has 0 radical (unpaired) electrons. The van der Waals surface area contributed by atoms with E-state index < -0.39 is 0 Å². The number of nitrogens with zero attached hydrogens (tertiary/aromatic N) is 3. The van der Waals surface area contributed by atoms with Gasteiger partial charge in [-0.1, -0.05) is 19.0 Å². The third-order valence-electron chi connectivity index (χ3n) is 2.68. The van der Waals surface area contributed by atoms with Gasteiger partial charge in [-0.2, -0.15) is 0 Å². The van der Waals surface area contributed by atoms with Crippen LogP contribution in [0.15, 0.2) is 5.16 Å². The van der Waals surface area contributed by atoms with Crippen molar-refractivity contribution in [2.24, 2.45) is 16.8 Å². The topological polar surface area (TPSA) is 91.4 Å². The van der Waals surface area contributed by atoms with Crippen LogP contribution in [0.5, 0.6) is 0 Å². The highest BCUT2D eigenvalue weighted by molar-refractivity contribution is 5.81. The molecule has 0 atom stereocenters. The summed E-state index contributed by atoms with van der Waals surface area (Å²) in [5.41, 5.74) is 5.43. The van der Waals surface area contributed by atoms with Crippen LogP contribution in [0.25, 0.3) is 0 Å². The van der Waals surface area contributed by atoms with Gasteiger partial charge < -0.3 is 20.6 Å². The van der Waals surface area contributed by atoms with E-state index in [1.54, 1.807) is 4.90 Å². The molecule has 0 aliphatic carbocycles. The molecule has 0 aromatic carbocycles. The SMILES string of the molecule is CC(C)COC(=O)N1CCN(CC(N)=NO)CC1. The Balaban J connectivity index is 2.28. The van der Waals surface area contributed by atoms with Gasteiger partial charge in [-0.25, -0.2) is 4.79 Å². The van der Waals surface area contributed by atoms with Gasteiger partial charge in [0.15, 0.2) is 5.84 Å². The molecule has 1 aliphatic heterocycles. The molecule has 0 spiro atoms. The smallest absolute Gasteiger partial charge is 0.409 e. The number of rotatable bonds is 4. The molecule has 1 heterocycles. The second-order valence-corrected chi connectivity index (χ2v) is 4.83. The van der Waals surface area contributed by atoms with Gasteiger partial charge in [0.1, 0.15) is 0 Å². The van der Waals surface area contributed by atoms with Gasteiger partial charge in [0.05, 0.1) is 13.2 Å². The van der Waals surface area contributed by atoms with Crippen molar-refractivity contribution in [3.63, 3.8) is 0 Å². The van der Waals surface area contributed by atoms with Crippen molar-refractivity contribution < 1.29 is 14.7 Å². The predicted molar refractivity (Wildman–Crippen MR) is 67.6 cm³/mol. The van der Waals surface area contributed by atoms with E-state index in [1.165, 1.54) is 0 Å². The molecule has 1 rings (SSSR count). The van der Waals surface area contributed by atoms with Crippen LogP contribution in [-0.4, -0.2) is 66.3 Å². The van der Waals surface area contributed by atoms with Crippen LogP contribution in [0.1, 0.15) is 13.8 Å². The minimum Gasteiger partial charge on any atom is -0.449 e. The van der Waals surface area contributed by atoms with Gasteiger partial charge in [-0.15, -0.1) is 0 Å². The van der Waals surface area contributed by atoms with Crippen molar-refractivity contribution in [3.8, 4) is 0 Å². The quantitative estimate of drug-likeness (QED) is 0.324. The van der Waals surface area contributed by atoms with Gasteiger partial charge >= 0.3 is 6.09 Å². The number of ether oxygens (including phenoxy) is 1. The summed E-state index contributed by atoms with van der Waals surface area (Å²) in [4.78, 5) is 15.4. The van der Waals surface area contributed by atoms with E-state index >= 15 is 0 Å². The summed E-state index contributed by atoms with van der Waals surface area (Å²) in [6.45, 7) is 7.49. The van der Waals surface area contributed by atoms with Crippen molar-refractivity contribution in [2.45, 2.75) is 13.8 Å². The molecule has 1 aliphatic rings. The van der Waals surface area contributed by atoms with Crippen LogP contribution in [0.4, 0.5) is 4.79 Å². The van der Waals surface area contributed by atoms with Gasteiger partial charge in [0.2, 0.25) is 0 Å². The maximum atomic E-state index is 11.7. The molecule has 0 bridgehead atoms. The fourth-order valence-electron chi connectivity index (χ4n) is 1.68. The molecule has 7 heteroatoms. The molecule has 104 valence electrons. The van der Waals surface area contributed by atoms with Gasteiger partial charge in [-0.05, 0) is 5.92 Å². The third-order valence-corrected chi connectivity index (χ3v) is 2.68. The summed E-state index contributed by atoms with van der Waals surface area (Å²) < 4.78 is 5.16. The van der Waals surface area contributed by atoms with E-state index in [1.807, 2.05) is 18.7 Å². The fourth-order valence-corrected chi connectivity index (χ4v) is 1.68. The van der Waals surface area contributed by atoms with E-state index in [0.29, 0.717) is 45.2 Å². The largest absolute Gasteiger partial charge is 0.449 e. The van der Waals surface area contributed by atoms with Gasteiger partial charge in [-0.3, -0.25) is 4.90 Å². The molecular formula is C11H22N4O3. The Morgan fingerprint density at radius 3 is 2.50 bits per heavy atom. The number of oxime groups is 1. The zero-order valence-electron chi connectivity index (χ0n) is 11.0. The molecule has 3 N–H and O–H groups in total. The van der Waals surface area contributed by atoms with Gasteiger partial charge in [0, 0.05) is 26.2 Å². The van der Waals surface area contributed by atoms with Crippen LogP contribution in [0, 0.1) is 5.92 Å². The van der Waals surface area contributed by atoms with Crippen molar-refractivity contribution >= 4 is 11.9 Å². The van der Waals surface area contributed by atoms with E-state index in [4.69, 9.17) is 15.7 Å². The summed E-state index contributed by atoms with van der Waals surface area (Å²) in [5, 5.41) is 11.4. The Labute approximate surface area is 107 Å². The maximum Gasteiger partial charge on any atom is 0.409 e. The molecule has 18 heavy (non-hydrogen) atoms. The summed E-state index contributed by atoms with van der Waals surface area (Å²) in [7, 11) is 0. The van der Waals surface area contributed by atoms with Crippen molar-refractivity contribution in [3.05, 3.63) is 0 Å². The second-order valence-electron chi connectivity index (χ2n) is 4.83. The first-order valence-corrected chi connectivity index (χ1v) is 6.13. The van der Waals surface area contributed by atoms with Crippen LogP contribution < -0.4 is 5.73 Å². The molecule has 7 nitrogen and oxygen atoms in total. The Bertz CT molecular complexity index is 299. The highest BCUT2D eigenvalue weighted by Gasteiger charge is 2.22. The standard InChI is InChI=1S/C11H22N4O3/c1-9(2)8-18-11(16)15-5-3-14(4-6-15)7-10(12)13-17/h9,17H,3-8H2,1-2H3,(H2,12,13). The van der Waals surface area contributed by atoms with Crippen molar-refractivity contribution in [1.82, 2.24) is 9.80 Å². The average Bonchev–Trinajstić information content (AvgIpc) is 2.36. The molecule has 0 unspecified atom stereocenters. The normalized spacial score (nSPS) is 18.2. The van der Waals surface area contributed by atoms with Gasteiger partial charge in [0.25, 0.3) is 0 Å². The van der Waals surface area contributed by atoms with E-state index in [2.05, 4.69) is 5.16 Å². The zero-order chi connectivity index (χ0) is 13.5. The molecule has 0 aromatic rings. The fraction of sp³-hybridized carbons (Fsp3) is 0.818. The summed E-state index contributed by atoms with van der Waals surface area (Å²) in [6.07, 6.45) is -0.257. The van der Waals surface area contributed by atoms with E-state index in [0.717, 1.165) is 0 Å². The first-order valence-electron chi connectivity index (χ1n) is 6.13. The predicted octanol–water partition coefficient (Wildman–Crippen LogP) is 0.143. The Hall–Kier alpha value is -1.50. The first-order chi connectivity index (χ1) is 8.52. The lowest BCUT2D eigenvalue weighted by atomic mass is 10.2. The Kier molecular flexibility index (Phi) is 5.70. The number of nitrogens with two attached hydrogens (primary N) is 1. The number of carbonyl (C=O) groups excluding carboxylic acids is 1. The number of hydrogen-bond donors (Lipinski definition) is 2. The summed E-state index contributed by atoms with van der Waals surface area (Å²) >= 11 is 0. The lowest BCUT2D eigenvalue weighted by Crippen LogP contribution is -2.50. The first kappa shape index (κ1) is 14.6. The molecule has 1 amide bonds. The Morgan fingerprint density at radius 1 is 1.39 bits per heavy atom. The molecule has 0 saturated carbocycles. The molecule has 0 aromatic heterocycles. The number of amidine groups is 1. The highest BCUT2D eigenvalue weighted by Crippen LogP contribution is 2.04. The maximum absolute atomic E-state index is 11.7. The second kappa shape index (κ2) is 7.05. The Morgan fingerprint density at radius 2 is 2.00 bits per heavy atom. The molecule has 1 fully saturated rings. The minimum absolute atomic E-state index is 0.186. The van der Waals surface area contributed by atoms with E-state index in [-0.39, 0.29) is 11.9 Å². The monoisotopic (exact) mass is 258 g/mol. The molecule has 1 saturated heterocycles. The van der Waals surface area contributed by atoms with Crippen molar-refractivity contribution in [2.75, 3.05) is 39.3 Å². The lowest BCUT2D eigenvalue weighted by molar-refractivity contribution is 0.0720. The van der Waals surface area contributed by atoms with Crippen LogP contribution in [-0.2, 0) is 4.74 Å². The number of piperazine rings is 1. The van der Waals surface area contributed by atoms with Crippen molar-refractivity contribution in [1.29, 1.82) is 0 Å². The average molecular weight is 258 g/mol. The lowest BCUT2D eigenvalue weighted by Gasteiger charge is -2.33. The van der Waals surface area contributed by atoms with Crippen LogP contribution in [0.3, 0.4) is 0 Å². The molecular weight excluding hydrogens is 236 g/mol. The number of amides is 1. The number of hydrogen-bond acceptors (Lipinski definition) is 5. The zero-order valence-corrected chi connectivity index (χ0v) is 11.0. The third kappa shape index (κ3) is 4.79. The minimum atomic E-state index is -0.257. The highest BCUT2D eigenvalue weighted by atomic mass is 16.6. The summed E-state index contributed by atoms with van der Waals surface area (Å²) in [5.74, 6) is 0.529. The van der Waals surface area contributed by atoms with Crippen LogP contribution in [0.2, 0.25) is 0 Å². The van der Waals surface area contributed by atoms with Crippen LogP contribution >= 0.6 is 0 Å². The summed E-state index contributed by atoms with van der Waals surface area (Å²) in [6, 6.07) is 0.